The number of nitrogens with zero attached hydrogens (tertiary/aromatic N) is 1. The maximum absolute atomic E-state index is 12.2. The van der Waals surface area contributed by atoms with E-state index in [2.05, 4.69) is 34.6 Å². The Kier molecular flexibility index (Phi) is 5.70. The molecule has 130 valence electrons. The van der Waals surface area contributed by atoms with Crippen LogP contribution in [0.3, 0.4) is 0 Å². The Morgan fingerprint density at radius 1 is 1.32 bits per heavy atom. The number of nitrogens with one attached hydrogen (secondary N) is 1. The fraction of sp³-hybridized carbons (Fsp3) is 0.222. The highest BCUT2D eigenvalue weighted by atomic mass is 32.2. The number of carbonyl (C=O) groups excluding carboxylic acids is 1. The molecule has 0 radical (unpaired) electrons. The number of fused-ring (bicyclic) bond motifs is 1. The summed E-state index contributed by atoms with van der Waals surface area (Å²) in [7, 11) is 0. The molecule has 5 nitrogen and oxygen atoms in total. The van der Waals surface area contributed by atoms with Crippen molar-refractivity contribution < 1.29 is 15.0 Å². The van der Waals surface area contributed by atoms with E-state index in [0.717, 1.165) is 19.9 Å². The lowest BCUT2D eigenvalue weighted by Gasteiger charge is -2.07. The molecular formula is C18H18N2O3S2. The van der Waals surface area contributed by atoms with Crippen LogP contribution >= 0.6 is 23.1 Å². The SMILES string of the molecule is Cc1ccc(Sc2cncc3sc(C(=O)NCC(O)CO)cc23)cc1. The zero-order chi connectivity index (χ0) is 17.8. The Bertz CT molecular complexity index is 878. The van der Waals surface area contributed by atoms with Crippen LogP contribution in [0.25, 0.3) is 10.1 Å². The minimum atomic E-state index is -0.951. The van der Waals surface area contributed by atoms with E-state index in [0.29, 0.717) is 4.88 Å². The lowest BCUT2D eigenvalue weighted by atomic mass is 10.2. The summed E-state index contributed by atoms with van der Waals surface area (Å²) >= 11 is 2.97. The van der Waals surface area contributed by atoms with Crippen LogP contribution in [-0.4, -0.2) is 40.4 Å². The van der Waals surface area contributed by atoms with E-state index in [4.69, 9.17) is 5.11 Å². The molecule has 7 heteroatoms. The van der Waals surface area contributed by atoms with Gasteiger partial charge in [0.05, 0.1) is 22.3 Å². The van der Waals surface area contributed by atoms with Crippen molar-refractivity contribution in [2.24, 2.45) is 0 Å². The first-order valence-corrected chi connectivity index (χ1v) is 9.39. The van der Waals surface area contributed by atoms with E-state index in [1.807, 2.05) is 13.0 Å². The van der Waals surface area contributed by atoms with Gasteiger partial charge in [-0.25, -0.2) is 0 Å². The predicted molar refractivity (Wildman–Crippen MR) is 100 cm³/mol. The largest absolute Gasteiger partial charge is 0.394 e. The number of amides is 1. The van der Waals surface area contributed by atoms with Crippen molar-refractivity contribution >= 4 is 39.1 Å². The summed E-state index contributed by atoms with van der Waals surface area (Å²) in [5.41, 5.74) is 1.21. The van der Waals surface area contributed by atoms with Gasteiger partial charge in [0.2, 0.25) is 0 Å². The van der Waals surface area contributed by atoms with E-state index < -0.39 is 6.10 Å². The van der Waals surface area contributed by atoms with E-state index in [1.165, 1.54) is 16.9 Å². The summed E-state index contributed by atoms with van der Waals surface area (Å²) in [4.78, 5) is 19.2. The third-order valence-corrected chi connectivity index (χ3v) is 5.71. The van der Waals surface area contributed by atoms with E-state index in [-0.39, 0.29) is 19.1 Å². The van der Waals surface area contributed by atoms with Gasteiger partial charge in [0.1, 0.15) is 0 Å². The molecular weight excluding hydrogens is 356 g/mol. The van der Waals surface area contributed by atoms with Gasteiger partial charge in [-0.2, -0.15) is 0 Å². The molecule has 2 aromatic heterocycles. The van der Waals surface area contributed by atoms with Crippen molar-refractivity contribution in [1.29, 1.82) is 0 Å². The minimum absolute atomic E-state index is 0.0206. The summed E-state index contributed by atoms with van der Waals surface area (Å²) in [6.07, 6.45) is 2.60. The van der Waals surface area contributed by atoms with Crippen LogP contribution in [0, 0.1) is 6.92 Å². The molecule has 0 bridgehead atoms. The molecule has 0 saturated heterocycles. The number of carbonyl (C=O) groups is 1. The standard InChI is InChI=1S/C18H18N2O3S2/c1-11-2-4-13(5-3-11)24-16-8-19-9-17-14(16)6-15(25-17)18(23)20-7-12(22)10-21/h2-6,8-9,12,21-22H,7,10H2,1H3,(H,20,23). The van der Waals surface area contributed by atoms with Crippen LogP contribution < -0.4 is 5.32 Å². The van der Waals surface area contributed by atoms with Crippen LogP contribution in [0.1, 0.15) is 15.2 Å². The quantitative estimate of drug-likeness (QED) is 0.618. The Morgan fingerprint density at radius 3 is 2.80 bits per heavy atom. The van der Waals surface area contributed by atoms with Crippen LogP contribution in [0.5, 0.6) is 0 Å². The van der Waals surface area contributed by atoms with Crippen molar-refractivity contribution in [3.8, 4) is 0 Å². The average Bonchev–Trinajstić information content (AvgIpc) is 3.06. The van der Waals surface area contributed by atoms with E-state index in [9.17, 15) is 9.90 Å². The minimum Gasteiger partial charge on any atom is -0.394 e. The van der Waals surface area contributed by atoms with Crippen molar-refractivity contribution in [3.63, 3.8) is 0 Å². The first-order valence-electron chi connectivity index (χ1n) is 7.76. The van der Waals surface area contributed by atoms with Gasteiger partial charge in [-0.05, 0) is 25.1 Å². The van der Waals surface area contributed by atoms with Gasteiger partial charge in [0, 0.05) is 34.1 Å². The number of aliphatic hydroxyl groups is 2. The molecule has 3 aromatic rings. The topological polar surface area (TPSA) is 82.5 Å². The lowest BCUT2D eigenvalue weighted by Crippen LogP contribution is -2.33. The van der Waals surface area contributed by atoms with Gasteiger partial charge in [-0.3, -0.25) is 9.78 Å². The molecule has 0 aliphatic heterocycles. The monoisotopic (exact) mass is 374 g/mol. The Morgan fingerprint density at radius 2 is 2.08 bits per heavy atom. The molecule has 0 saturated carbocycles. The number of thiophene rings is 1. The highest BCUT2D eigenvalue weighted by Gasteiger charge is 2.14. The summed E-state index contributed by atoms with van der Waals surface area (Å²) in [5.74, 6) is -0.264. The third-order valence-electron chi connectivity index (χ3n) is 3.59. The molecule has 1 unspecified atom stereocenters. The first kappa shape index (κ1) is 17.9. The molecule has 3 rings (SSSR count). The number of benzene rings is 1. The number of hydrogen-bond acceptors (Lipinski definition) is 6. The highest BCUT2D eigenvalue weighted by Crippen LogP contribution is 2.36. The van der Waals surface area contributed by atoms with Crippen molar-refractivity contribution in [1.82, 2.24) is 10.3 Å². The van der Waals surface area contributed by atoms with Crippen LogP contribution in [0.2, 0.25) is 0 Å². The second-order valence-corrected chi connectivity index (χ2v) is 7.82. The maximum atomic E-state index is 12.2. The van der Waals surface area contributed by atoms with Gasteiger partial charge in [0.25, 0.3) is 5.91 Å². The molecule has 0 spiro atoms. The summed E-state index contributed by atoms with van der Waals surface area (Å²) in [6, 6.07) is 10.1. The van der Waals surface area contributed by atoms with Crippen LogP contribution in [0.4, 0.5) is 0 Å². The molecule has 25 heavy (non-hydrogen) atoms. The molecule has 1 aromatic carbocycles. The number of aryl methyl sites for hydroxylation is 1. The Labute approximate surface area is 153 Å². The van der Waals surface area contributed by atoms with Crippen molar-refractivity contribution in [2.45, 2.75) is 22.8 Å². The van der Waals surface area contributed by atoms with Crippen molar-refractivity contribution in [2.75, 3.05) is 13.2 Å². The fourth-order valence-electron chi connectivity index (χ4n) is 2.22. The second kappa shape index (κ2) is 7.97. The Balaban J connectivity index is 1.82. The molecule has 2 heterocycles. The van der Waals surface area contributed by atoms with Gasteiger partial charge in [-0.1, -0.05) is 29.5 Å². The zero-order valence-corrected chi connectivity index (χ0v) is 15.2. The van der Waals surface area contributed by atoms with Gasteiger partial charge < -0.3 is 15.5 Å². The molecule has 3 N–H and O–H groups in total. The second-order valence-electron chi connectivity index (χ2n) is 5.62. The zero-order valence-electron chi connectivity index (χ0n) is 13.6. The molecule has 0 aliphatic rings. The summed E-state index contributed by atoms with van der Waals surface area (Å²) in [5, 5.41) is 21.8. The van der Waals surface area contributed by atoms with Gasteiger partial charge >= 0.3 is 0 Å². The predicted octanol–water partition coefficient (Wildman–Crippen LogP) is 2.84. The van der Waals surface area contributed by atoms with Crippen LogP contribution in [-0.2, 0) is 0 Å². The van der Waals surface area contributed by atoms with E-state index >= 15 is 0 Å². The van der Waals surface area contributed by atoms with Gasteiger partial charge in [-0.15, -0.1) is 11.3 Å². The normalized spacial score (nSPS) is 12.3. The molecule has 1 atom stereocenters. The number of hydrogen-bond donors (Lipinski definition) is 3. The number of pyridine rings is 1. The summed E-state index contributed by atoms with van der Waals surface area (Å²) < 4.78 is 0.935. The third kappa shape index (κ3) is 4.38. The molecule has 0 fully saturated rings. The molecule has 0 aliphatic carbocycles. The summed E-state index contributed by atoms with van der Waals surface area (Å²) in [6.45, 7) is 1.69. The number of aromatic nitrogens is 1. The Hall–Kier alpha value is -1.93. The smallest absolute Gasteiger partial charge is 0.261 e. The van der Waals surface area contributed by atoms with Crippen molar-refractivity contribution in [3.05, 3.63) is 53.2 Å². The maximum Gasteiger partial charge on any atom is 0.261 e. The number of aliphatic hydroxyl groups excluding tert-OH is 2. The lowest BCUT2D eigenvalue weighted by molar-refractivity contribution is 0.0804. The van der Waals surface area contributed by atoms with E-state index in [1.54, 1.807) is 24.2 Å². The fourth-order valence-corrected chi connectivity index (χ4v) is 4.18. The molecule has 1 amide bonds. The van der Waals surface area contributed by atoms with Crippen LogP contribution in [0.15, 0.2) is 52.5 Å². The number of rotatable bonds is 6. The van der Waals surface area contributed by atoms with Gasteiger partial charge in [0.15, 0.2) is 0 Å². The highest BCUT2D eigenvalue weighted by molar-refractivity contribution is 7.99. The first-order chi connectivity index (χ1) is 12.1. The average molecular weight is 374 g/mol.